The summed E-state index contributed by atoms with van der Waals surface area (Å²) in [5, 5.41) is 8.16. The number of rotatable bonds is 7. The minimum atomic E-state index is 0.0571. The van der Waals surface area contributed by atoms with E-state index in [0.717, 1.165) is 32.8 Å². The number of morpholine rings is 1. The predicted molar refractivity (Wildman–Crippen MR) is 81.0 cm³/mol. The van der Waals surface area contributed by atoms with Gasteiger partial charge in [-0.05, 0) is 18.0 Å². The SMILES string of the molecule is CCNCC(=O)NCC(c1cccs1)N1CCOCC1. The molecule has 2 rings (SSSR count). The Kier molecular flexibility index (Phi) is 6.46. The van der Waals surface area contributed by atoms with Crippen LogP contribution in [-0.4, -0.2) is 56.7 Å². The Morgan fingerprint density at radius 3 is 2.95 bits per heavy atom. The Labute approximate surface area is 124 Å². The lowest BCUT2D eigenvalue weighted by Crippen LogP contribution is -2.44. The zero-order chi connectivity index (χ0) is 14.2. The highest BCUT2D eigenvalue weighted by atomic mass is 32.1. The number of likely N-dealkylation sites (N-methyl/N-ethyl adjacent to an activating group) is 1. The molecular formula is C14H23N3O2S. The molecule has 1 unspecified atom stereocenters. The van der Waals surface area contributed by atoms with Gasteiger partial charge in [-0.25, -0.2) is 0 Å². The molecule has 0 saturated carbocycles. The third kappa shape index (κ3) is 4.56. The molecular weight excluding hydrogens is 274 g/mol. The molecule has 1 aliphatic rings. The second kappa shape index (κ2) is 8.36. The lowest BCUT2D eigenvalue weighted by atomic mass is 10.2. The van der Waals surface area contributed by atoms with Gasteiger partial charge in [0, 0.05) is 24.5 Å². The van der Waals surface area contributed by atoms with Crippen LogP contribution in [0.4, 0.5) is 0 Å². The molecule has 1 aromatic rings. The van der Waals surface area contributed by atoms with Gasteiger partial charge in [0.2, 0.25) is 5.91 Å². The second-order valence-corrected chi connectivity index (χ2v) is 5.74. The van der Waals surface area contributed by atoms with E-state index < -0.39 is 0 Å². The molecule has 1 amide bonds. The summed E-state index contributed by atoms with van der Waals surface area (Å²) in [6, 6.07) is 4.46. The minimum absolute atomic E-state index is 0.0571. The topological polar surface area (TPSA) is 53.6 Å². The molecule has 1 atom stereocenters. The van der Waals surface area contributed by atoms with Crippen molar-refractivity contribution < 1.29 is 9.53 Å². The number of carbonyl (C=O) groups is 1. The summed E-state index contributed by atoms with van der Waals surface area (Å²) >= 11 is 1.74. The third-order valence-corrected chi connectivity index (χ3v) is 4.36. The largest absolute Gasteiger partial charge is 0.379 e. The summed E-state index contributed by atoms with van der Waals surface area (Å²) in [6.45, 7) is 7.24. The average Bonchev–Trinajstić information content (AvgIpc) is 3.00. The standard InChI is InChI=1S/C14H23N3O2S/c1-2-15-11-14(18)16-10-12(13-4-3-9-20-13)17-5-7-19-8-6-17/h3-4,9,12,15H,2,5-8,10-11H2,1H3,(H,16,18). The number of hydrogen-bond donors (Lipinski definition) is 2. The van der Waals surface area contributed by atoms with Crippen LogP contribution in [0.5, 0.6) is 0 Å². The molecule has 112 valence electrons. The van der Waals surface area contributed by atoms with Crippen LogP contribution in [0.15, 0.2) is 17.5 Å². The summed E-state index contributed by atoms with van der Waals surface area (Å²) in [7, 11) is 0. The summed E-state index contributed by atoms with van der Waals surface area (Å²) in [5.41, 5.74) is 0. The molecule has 0 bridgehead atoms. The number of carbonyl (C=O) groups excluding carboxylic acids is 1. The van der Waals surface area contributed by atoms with Crippen molar-refractivity contribution >= 4 is 17.2 Å². The summed E-state index contributed by atoms with van der Waals surface area (Å²) in [4.78, 5) is 15.4. The van der Waals surface area contributed by atoms with Gasteiger partial charge in [-0.3, -0.25) is 9.69 Å². The van der Waals surface area contributed by atoms with E-state index in [9.17, 15) is 4.79 Å². The highest BCUT2D eigenvalue weighted by molar-refractivity contribution is 7.10. The number of nitrogens with one attached hydrogen (secondary N) is 2. The predicted octanol–water partition coefficient (Wildman–Crippen LogP) is 0.847. The van der Waals surface area contributed by atoms with Gasteiger partial charge in [-0.15, -0.1) is 11.3 Å². The molecule has 1 aromatic heterocycles. The Morgan fingerprint density at radius 1 is 1.50 bits per heavy atom. The lowest BCUT2D eigenvalue weighted by molar-refractivity contribution is -0.120. The molecule has 0 spiro atoms. The molecule has 1 aliphatic heterocycles. The van der Waals surface area contributed by atoms with Crippen LogP contribution >= 0.6 is 11.3 Å². The Balaban J connectivity index is 1.91. The van der Waals surface area contributed by atoms with Gasteiger partial charge in [0.15, 0.2) is 0 Å². The minimum Gasteiger partial charge on any atom is -0.379 e. The number of nitrogens with zero attached hydrogens (tertiary/aromatic N) is 1. The van der Waals surface area contributed by atoms with Crippen LogP contribution in [-0.2, 0) is 9.53 Å². The maximum Gasteiger partial charge on any atom is 0.234 e. The Morgan fingerprint density at radius 2 is 2.30 bits per heavy atom. The van der Waals surface area contributed by atoms with Crippen molar-refractivity contribution in [2.24, 2.45) is 0 Å². The maximum absolute atomic E-state index is 11.7. The summed E-state index contributed by atoms with van der Waals surface area (Å²) in [6.07, 6.45) is 0. The van der Waals surface area contributed by atoms with Crippen molar-refractivity contribution in [1.82, 2.24) is 15.5 Å². The molecule has 1 saturated heterocycles. The van der Waals surface area contributed by atoms with E-state index >= 15 is 0 Å². The maximum atomic E-state index is 11.7. The van der Waals surface area contributed by atoms with Crippen LogP contribution in [0, 0.1) is 0 Å². The van der Waals surface area contributed by atoms with Gasteiger partial charge < -0.3 is 15.4 Å². The van der Waals surface area contributed by atoms with Gasteiger partial charge in [-0.2, -0.15) is 0 Å². The number of thiophene rings is 1. The molecule has 6 heteroatoms. The molecule has 0 aliphatic carbocycles. The molecule has 1 fully saturated rings. The van der Waals surface area contributed by atoms with Gasteiger partial charge >= 0.3 is 0 Å². The second-order valence-electron chi connectivity index (χ2n) is 4.76. The van der Waals surface area contributed by atoms with Crippen molar-refractivity contribution in [2.45, 2.75) is 13.0 Å². The van der Waals surface area contributed by atoms with Crippen molar-refractivity contribution in [3.63, 3.8) is 0 Å². The monoisotopic (exact) mass is 297 g/mol. The fourth-order valence-corrected chi connectivity index (χ4v) is 3.15. The molecule has 20 heavy (non-hydrogen) atoms. The van der Waals surface area contributed by atoms with Crippen molar-refractivity contribution in [3.05, 3.63) is 22.4 Å². The zero-order valence-electron chi connectivity index (χ0n) is 11.9. The van der Waals surface area contributed by atoms with Gasteiger partial charge in [0.25, 0.3) is 0 Å². The molecule has 5 nitrogen and oxygen atoms in total. The highest BCUT2D eigenvalue weighted by Gasteiger charge is 2.23. The van der Waals surface area contributed by atoms with Crippen LogP contribution in [0.3, 0.4) is 0 Å². The quantitative estimate of drug-likeness (QED) is 0.783. The fourth-order valence-electron chi connectivity index (χ4n) is 2.29. The smallest absolute Gasteiger partial charge is 0.234 e. The summed E-state index contributed by atoms with van der Waals surface area (Å²) < 4.78 is 5.41. The van der Waals surface area contributed by atoms with E-state index in [-0.39, 0.29) is 11.9 Å². The number of hydrogen-bond acceptors (Lipinski definition) is 5. The number of amides is 1. The van der Waals surface area contributed by atoms with Crippen LogP contribution < -0.4 is 10.6 Å². The van der Waals surface area contributed by atoms with E-state index in [1.807, 2.05) is 6.92 Å². The average molecular weight is 297 g/mol. The van der Waals surface area contributed by atoms with E-state index in [4.69, 9.17) is 4.74 Å². The van der Waals surface area contributed by atoms with E-state index in [2.05, 4.69) is 33.0 Å². The fraction of sp³-hybridized carbons (Fsp3) is 0.643. The Hall–Kier alpha value is -0.950. The first-order valence-corrected chi connectivity index (χ1v) is 8.02. The van der Waals surface area contributed by atoms with Gasteiger partial charge in [-0.1, -0.05) is 13.0 Å². The first-order chi connectivity index (χ1) is 9.81. The van der Waals surface area contributed by atoms with Crippen molar-refractivity contribution in [1.29, 1.82) is 0 Å². The normalized spacial score (nSPS) is 17.9. The highest BCUT2D eigenvalue weighted by Crippen LogP contribution is 2.25. The lowest BCUT2D eigenvalue weighted by Gasteiger charge is -2.34. The first-order valence-electron chi connectivity index (χ1n) is 7.14. The molecule has 2 heterocycles. The molecule has 2 N–H and O–H groups in total. The number of ether oxygens (including phenoxy) is 1. The third-order valence-electron chi connectivity index (χ3n) is 3.39. The molecule has 0 aromatic carbocycles. The van der Waals surface area contributed by atoms with E-state index in [1.54, 1.807) is 11.3 Å². The van der Waals surface area contributed by atoms with E-state index in [0.29, 0.717) is 13.1 Å². The Bertz CT molecular complexity index is 391. The first kappa shape index (κ1) is 15.4. The van der Waals surface area contributed by atoms with Crippen molar-refractivity contribution in [2.75, 3.05) is 45.9 Å². The van der Waals surface area contributed by atoms with Crippen molar-refractivity contribution in [3.8, 4) is 0 Å². The van der Waals surface area contributed by atoms with E-state index in [1.165, 1.54) is 4.88 Å². The van der Waals surface area contributed by atoms with Gasteiger partial charge in [0.05, 0.1) is 25.8 Å². The van der Waals surface area contributed by atoms with Crippen LogP contribution in [0.1, 0.15) is 17.8 Å². The molecule has 0 radical (unpaired) electrons. The zero-order valence-corrected chi connectivity index (χ0v) is 12.7. The van der Waals surface area contributed by atoms with Crippen LogP contribution in [0.2, 0.25) is 0 Å². The van der Waals surface area contributed by atoms with Crippen LogP contribution in [0.25, 0.3) is 0 Å². The summed E-state index contributed by atoms with van der Waals surface area (Å²) in [5.74, 6) is 0.0571. The van der Waals surface area contributed by atoms with Gasteiger partial charge in [0.1, 0.15) is 0 Å².